The predicted octanol–water partition coefficient (Wildman–Crippen LogP) is 2.56. The van der Waals surface area contributed by atoms with Crippen LogP contribution in [0.15, 0.2) is 53.5 Å². The Labute approximate surface area is 181 Å². The molecule has 2 amide bonds. The van der Waals surface area contributed by atoms with E-state index in [9.17, 15) is 9.59 Å². The zero-order valence-electron chi connectivity index (χ0n) is 17.0. The van der Waals surface area contributed by atoms with E-state index < -0.39 is 0 Å². The van der Waals surface area contributed by atoms with E-state index >= 15 is 0 Å². The van der Waals surface area contributed by atoms with Gasteiger partial charge in [0.2, 0.25) is 5.91 Å². The van der Waals surface area contributed by atoms with Crippen molar-refractivity contribution in [2.75, 3.05) is 31.6 Å². The maximum Gasteiger partial charge on any atom is 0.252 e. The molecular weight excluding hydrogens is 402 g/mol. The van der Waals surface area contributed by atoms with Gasteiger partial charge in [-0.1, -0.05) is 35.9 Å². The molecule has 7 nitrogen and oxygen atoms in total. The number of benzene rings is 2. The van der Waals surface area contributed by atoms with Gasteiger partial charge in [-0.2, -0.15) is 0 Å². The van der Waals surface area contributed by atoms with Crippen LogP contribution in [0, 0.1) is 0 Å². The summed E-state index contributed by atoms with van der Waals surface area (Å²) in [6.45, 7) is 2.34. The van der Waals surface area contributed by atoms with Crippen molar-refractivity contribution >= 4 is 35.1 Å². The van der Waals surface area contributed by atoms with Crippen molar-refractivity contribution in [1.82, 2.24) is 16.0 Å². The summed E-state index contributed by atoms with van der Waals surface area (Å²) in [5.74, 6) is 0.620. The van der Waals surface area contributed by atoms with Crippen LogP contribution in [0.4, 0.5) is 5.69 Å². The highest BCUT2D eigenvalue weighted by Gasteiger charge is 2.21. The van der Waals surface area contributed by atoms with Crippen molar-refractivity contribution < 1.29 is 9.59 Å². The number of carbonyl (C=O) groups excluding carboxylic acids is 2. The van der Waals surface area contributed by atoms with Crippen LogP contribution in [0.25, 0.3) is 0 Å². The average molecular weight is 428 g/mol. The molecule has 158 valence electrons. The van der Waals surface area contributed by atoms with E-state index in [4.69, 9.17) is 11.6 Å². The lowest BCUT2D eigenvalue weighted by atomic mass is 10.2. The van der Waals surface area contributed by atoms with Crippen LogP contribution in [0.5, 0.6) is 0 Å². The van der Waals surface area contributed by atoms with Crippen LogP contribution in [0.2, 0.25) is 5.02 Å². The first-order chi connectivity index (χ1) is 14.6. The number of aliphatic imine (C=N–C) groups is 1. The number of amides is 2. The van der Waals surface area contributed by atoms with Crippen molar-refractivity contribution in [2.24, 2.45) is 4.99 Å². The van der Waals surface area contributed by atoms with Crippen molar-refractivity contribution in [1.29, 1.82) is 0 Å². The maximum absolute atomic E-state index is 12.1. The van der Waals surface area contributed by atoms with Crippen LogP contribution in [0.1, 0.15) is 28.8 Å². The number of rotatable bonds is 7. The third kappa shape index (κ3) is 5.73. The lowest BCUT2D eigenvalue weighted by Gasteiger charge is -2.16. The fraction of sp³-hybridized carbons (Fsp3) is 0.318. The molecule has 3 rings (SSSR count). The molecule has 2 aromatic rings. The zero-order valence-corrected chi connectivity index (χ0v) is 17.7. The Morgan fingerprint density at radius 3 is 2.47 bits per heavy atom. The smallest absolute Gasteiger partial charge is 0.252 e. The van der Waals surface area contributed by atoms with Crippen molar-refractivity contribution in [3.63, 3.8) is 0 Å². The van der Waals surface area contributed by atoms with Crippen LogP contribution in [0.3, 0.4) is 0 Å². The molecule has 0 saturated carbocycles. The summed E-state index contributed by atoms with van der Waals surface area (Å²) in [4.78, 5) is 30.0. The second kappa shape index (κ2) is 10.6. The van der Waals surface area contributed by atoms with E-state index in [0.29, 0.717) is 42.6 Å². The Balaban J connectivity index is 1.40. The van der Waals surface area contributed by atoms with Gasteiger partial charge < -0.3 is 20.9 Å². The highest BCUT2D eigenvalue weighted by Crippen LogP contribution is 2.21. The predicted molar refractivity (Wildman–Crippen MR) is 120 cm³/mol. The SMILES string of the molecule is CN=C(NCCNC(=O)c1ccccc1Cl)NCc1ccc(N2CCCC2=O)cc1. The van der Waals surface area contributed by atoms with E-state index in [0.717, 1.165) is 24.2 Å². The summed E-state index contributed by atoms with van der Waals surface area (Å²) in [6, 6.07) is 14.9. The summed E-state index contributed by atoms with van der Waals surface area (Å²) in [5.41, 5.74) is 2.49. The molecule has 1 saturated heterocycles. The van der Waals surface area contributed by atoms with Crippen molar-refractivity contribution in [3.05, 3.63) is 64.7 Å². The molecule has 2 aromatic carbocycles. The molecule has 0 radical (unpaired) electrons. The first kappa shape index (κ1) is 21.6. The second-order valence-electron chi connectivity index (χ2n) is 6.90. The molecule has 8 heteroatoms. The normalized spacial score (nSPS) is 14.0. The largest absolute Gasteiger partial charge is 0.355 e. The Morgan fingerprint density at radius 2 is 1.80 bits per heavy atom. The van der Waals surface area contributed by atoms with Crippen LogP contribution in [-0.2, 0) is 11.3 Å². The number of hydrogen-bond acceptors (Lipinski definition) is 3. The number of hydrogen-bond donors (Lipinski definition) is 3. The molecule has 0 aliphatic carbocycles. The number of nitrogens with one attached hydrogen (secondary N) is 3. The number of carbonyl (C=O) groups is 2. The van der Waals surface area contributed by atoms with Gasteiger partial charge in [-0.25, -0.2) is 0 Å². The average Bonchev–Trinajstić information content (AvgIpc) is 3.19. The van der Waals surface area contributed by atoms with Crippen molar-refractivity contribution in [2.45, 2.75) is 19.4 Å². The van der Waals surface area contributed by atoms with Crippen LogP contribution < -0.4 is 20.9 Å². The highest BCUT2D eigenvalue weighted by atomic mass is 35.5. The quantitative estimate of drug-likeness (QED) is 0.360. The zero-order chi connectivity index (χ0) is 21.3. The van der Waals surface area contributed by atoms with Gasteiger partial charge in [0.25, 0.3) is 5.91 Å². The first-order valence-electron chi connectivity index (χ1n) is 9.95. The van der Waals surface area contributed by atoms with E-state index in [2.05, 4.69) is 20.9 Å². The summed E-state index contributed by atoms with van der Waals surface area (Å²) in [6.07, 6.45) is 1.55. The molecule has 0 atom stereocenters. The van der Waals surface area contributed by atoms with E-state index in [1.165, 1.54) is 0 Å². The van der Waals surface area contributed by atoms with Gasteiger partial charge in [-0.15, -0.1) is 0 Å². The third-order valence-electron chi connectivity index (χ3n) is 4.83. The minimum absolute atomic E-state index is 0.187. The standard InChI is InChI=1S/C22H26ClN5O2/c1-24-22(26-13-12-25-21(30)18-5-2-3-6-19(18)23)27-15-16-8-10-17(11-9-16)28-14-4-7-20(28)29/h2-3,5-6,8-11H,4,7,12-15H2,1H3,(H,25,30)(H2,24,26,27). The molecule has 1 aliphatic heterocycles. The fourth-order valence-corrected chi connectivity index (χ4v) is 3.44. The minimum atomic E-state index is -0.207. The highest BCUT2D eigenvalue weighted by molar-refractivity contribution is 6.33. The molecule has 0 aromatic heterocycles. The second-order valence-corrected chi connectivity index (χ2v) is 7.31. The molecule has 30 heavy (non-hydrogen) atoms. The number of halogens is 1. The van der Waals surface area contributed by atoms with Gasteiger partial charge in [-0.05, 0) is 36.2 Å². The number of nitrogens with zero attached hydrogens (tertiary/aromatic N) is 2. The Kier molecular flexibility index (Phi) is 7.68. The molecule has 1 heterocycles. The maximum atomic E-state index is 12.1. The van der Waals surface area contributed by atoms with E-state index in [1.54, 1.807) is 31.3 Å². The lowest BCUT2D eigenvalue weighted by Crippen LogP contribution is -2.41. The van der Waals surface area contributed by atoms with Crippen molar-refractivity contribution in [3.8, 4) is 0 Å². The Bertz CT molecular complexity index is 914. The topological polar surface area (TPSA) is 85.8 Å². The van der Waals surface area contributed by atoms with Crippen LogP contribution in [-0.4, -0.2) is 44.5 Å². The molecule has 0 unspecified atom stereocenters. The van der Waals surface area contributed by atoms with Gasteiger partial charge in [0, 0.05) is 45.3 Å². The first-order valence-corrected chi connectivity index (χ1v) is 10.3. The van der Waals surface area contributed by atoms with Gasteiger partial charge >= 0.3 is 0 Å². The Hall–Kier alpha value is -3.06. The third-order valence-corrected chi connectivity index (χ3v) is 5.16. The molecule has 1 fully saturated rings. The monoisotopic (exact) mass is 427 g/mol. The molecule has 3 N–H and O–H groups in total. The van der Waals surface area contributed by atoms with E-state index in [1.807, 2.05) is 29.2 Å². The van der Waals surface area contributed by atoms with Gasteiger partial charge in [0.15, 0.2) is 5.96 Å². The number of anilines is 1. The van der Waals surface area contributed by atoms with E-state index in [-0.39, 0.29) is 11.8 Å². The molecule has 0 bridgehead atoms. The summed E-state index contributed by atoms with van der Waals surface area (Å²) in [7, 11) is 1.69. The summed E-state index contributed by atoms with van der Waals surface area (Å²) < 4.78 is 0. The summed E-state index contributed by atoms with van der Waals surface area (Å²) in [5, 5.41) is 9.66. The van der Waals surface area contributed by atoms with Gasteiger partial charge in [-0.3, -0.25) is 14.6 Å². The fourth-order valence-electron chi connectivity index (χ4n) is 3.22. The van der Waals surface area contributed by atoms with Gasteiger partial charge in [0.1, 0.15) is 0 Å². The minimum Gasteiger partial charge on any atom is -0.355 e. The lowest BCUT2D eigenvalue weighted by molar-refractivity contribution is -0.117. The number of guanidine groups is 1. The summed E-state index contributed by atoms with van der Waals surface area (Å²) >= 11 is 6.03. The molecular formula is C22H26ClN5O2. The Morgan fingerprint density at radius 1 is 1.07 bits per heavy atom. The van der Waals surface area contributed by atoms with Gasteiger partial charge in [0.05, 0.1) is 10.6 Å². The molecule has 1 aliphatic rings. The van der Waals surface area contributed by atoms with Crippen LogP contribution >= 0.6 is 11.6 Å². The molecule has 0 spiro atoms.